The van der Waals surface area contributed by atoms with E-state index in [4.69, 9.17) is 5.73 Å². The number of rotatable bonds is 4. The lowest BCUT2D eigenvalue weighted by atomic mass is 9.93. The Morgan fingerprint density at radius 3 is 1.52 bits per heavy atom. The molecule has 0 heterocycles. The maximum Gasteiger partial charge on any atom is 0.297 e. The molecule has 4 aromatic rings. The molecule has 176 valence electrons. The van der Waals surface area contributed by atoms with Crippen molar-refractivity contribution < 1.29 is 51.9 Å². The first kappa shape index (κ1) is 23.5. The van der Waals surface area contributed by atoms with Gasteiger partial charge in [-0.3, -0.25) is 18.2 Å². The van der Waals surface area contributed by atoms with Crippen molar-refractivity contribution in [1.82, 2.24) is 0 Å². The van der Waals surface area contributed by atoms with Gasteiger partial charge in [-0.1, -0.05) is 30.3 Å². The molecule has 17 heteroatoms. The van der Waals surface area contributed by atoms with Crippen LogP contribution in [-0.4, -0.2) is 51.9 Å². The van der Waals surface area contributed by atoms with Gasteiger partial charge < -0.3 is 5.73 Å². The minimum absolute atomic E-state index is 0.0772. The fourth-order valence-electron chi connectivity index (χ4n) is 3.98. The molecule has 0 atom stereocenters. The van der Waals surface area contributed by atoms with E-state index in [0.29, 0.717) is 0 Å². The number of anilines is 1. The lowest BCUT2D eigenvalue weighted by Gasteiger charge is -2.21. The highest BCUT2D eigenvalue weighted by molar-refractivity contribution is 7.91. The Labute approximate surface area is 185 Å². The minimum Gasteiger partial charge on any atom is -0.397 e. The van der Waals surface area contributed by atoms with Gasteiger partial charge in [-0.25, -0.2) is 0 Å². The molecular weight excluding hydrogens is 526 g/mol. The third-order valence-electron chi connectivity index (χ3n) is 4.97. The first-order chi connectivity index (χ1) is 14.9. The van der Waals surface area contributed by atoms with Gasteiger partial charge in [0.15, 0.2) is 0 Å². The monoisotopic (exact) mass is 537 g/mol. The van der Waals surface area contributed by atoms with Crippen molar-refractivity contribution in [2.75, 3.05) is 5.73 Å². The third kappa shape index (κ3) is 3.40. The summed E-state index contributed by atoms with van der Waals surface area (Å²) in [5.41, 5.74) is 5.13. The molecule has 6 N–H and O–H groups in total. The molecule has 0 aliphatic rings. The molecule has 0 aliphatic heterocycles. The summed E-state index contributed by atoms with van der Waals surface area (Å²) in [5.74, 6) is 0. The molecule has 0 bridgehead atoms. The molecule has 0 spiro atoms. The maximum atomic E-state index is 12.3. The van der Waals surface area contributed by atoms with Gasteiger partial charge in [0.05, 0.1) is 5.69 Å². The van der Waals surface area contributed by atoms with Crippen LogP contribution in [0.5, 0.6) is 0 Å². The summed E-state index contributed by atoms with van der Waals surface area (Å²) in [4.78, 5) is -6.94. The Morgan fingerprint density at radius 2 is 1.03 bits per heavy atom. The quantitative estimate of drug-likeness (QED) is 0.139. The SMILES string of the molecule is Nc1c(S(=O)(=O)O)c2c(S(=O)(=O)O)c(S(=O)(=O)O)c(S(=O)(=O)O)c3ccc4cccc1c4c32. The van der Waals surface area contributed by atoms with Crippen LogP contribution in [0.4, 0.5) is 5.69 Å². The average Bonchev–Trinajstić information content (AvgIpc) is 2.62. The maximum absolute atomic E-state index is 12.3. The largest absolute Gasteiger partial charge is 0.397 e. The summed E-state index contributed by atoms with van der Waals surface area (Å²) in [6, 6.07) is 6.24. The van der Waals surface area contributed by atoms with Gasteiger partial charge in [0.1, 0.15) is 19.6 Å². The van der Waals surface area contributed by atoms with Crippen LogP contribution in [0, 0.1) is 0 Å². The Bertz CT molecular complexity index is 1960. The molecule has 4 aromatic carbocycles. The van der Waals surface area contributed by atoms with Gasteiger partial charge in [0.25, 0.3) is 40.5 Å². The second-order valence-corrected chi connectivity index (χ2v) is 12.3. The summed E-state index contributed by atoms with van der Waals surface area (Å²) in [5, 5.41) is -2.47. The second-order valence-electron chi connectivity index (χ2n) is 6.90. The van der Waals surface area contributed by atoms with E-state index in [9.17, 15) is 51.9 Å². The van der Waals surface area contributed by atoms with E-state index in [0.717, 1.165) is 6.07 Å². The summed E-state index contributed by atoms with van der Waals surface area (Å²) < 4.78 is 137. The molecule has 0 amide bonds. The highest BCUT2D eigenvalue weighted by Crippen LogP contribution is 2.49. The molecular formula is C16H11NO12S4. The second kappa shape index (κ2) is 6.70. The van der Waals surface area contributed by atoms with Crippen LogP contribution >= 0.6 is 0 Å². The number of hydrogen-bond donors (Lipinski definition) is 5. The first-order valence-corrected chi connectivity index (χ1v) is 14.1. The molecule has 4 rings (SSSR count). The van der Waals surface area contributed by atoms with E-state index in [1.165, 1.54) is 24.3 Å². The van der Waals surface area contributed by atoms with Gasteiger partial charge in [-0.05, 0) is 10.8 Å². The van der Waals surface area contributed by atoms with Crippen LogP contribution < -0.4 is 5.73 Å². The zero-order chi connectivity index (χ0) is 24.9. The predicted octanol–water partition coefficient (Wildman–Crippen LogP) is 1.15. The zero-order valence-electron chi connectivity index (χ0n) is 15.7. The van der Waals surface area contributed by atoms with E-state index in [2.05, 4.69) is 0 Å². The molecule has 0 saturated carbocycles. The molecule has 0 aromatic heterocycles. The molecule has 0 unspecified atom stereocenters. The van der Waals surface area contributed by atoms with E-state index in [-0.39, 0.29) is 16.2 Å². The lowest BCUT2D eigenvalue weighted by Crippen LogP contribution is -2.18. The van der Waals surface area contributed by atoms with Crippen LogP contribution in [0.25, 0.3) is 32.3 Å². The molecule has 0 saturated heterocycles. The highest BCUT2D eigenvalue weighted by Gasteiger charge is 2.40. The van der Waals surface area contributed by atoms with Crippen molar-refractivity contribution in [3.05, 3.63) is 30.3 Å². The normalized spacial score (nSPS) is 13.9. The van der Waals surface area contributed by atoms with Gasteiger partial charge in [-0.15, -0.1) is 0 Å². The highest BCUT2D eigenvalue weighted by atomic mass is 32.2. The number of nitrogens with two attached hydrogens (primary N) is 1. The smallest absolute Gasteiger partial charge is 0.297 e. The van der Waals surface area contributed by atoms with E-state index >= 15 is 0 Å². The Balaban J connectivity index is 2.72. The van der Waals surface area contributed by atoms with Gasteiger partial charge in [0.2, 0.25) is 0 Å². The van der Waals surface area contributed by atoms with Gasteiger partial charge >= 0.3 is 0 Å². The third-order valence-corrected chi connectivity index (χ3v) is 8.96. The van der Waals surface area contributed by atoms with E-state index in [1.54, 1.807) is 0 Å². The standard InChI is InChI=1S/C16H11NO12S4/c17-12-7-3-1-2-6-4-5-8-10(9(6)7)11(14(12)31(21,22)23)15(32(24,25)26)16(33(27,28)29)13(8)30(18,19)20/h1-5H,17H2,(H,18,19,20)(H,21,22,23)(H,24,25,26)(H,27,28,29). The first-order valence-electron chi connectivity index (χ1n) is 8.32. The van der Waals surface area contributed by atoms with Crippen LogP contribution in [0.3, 0.4) is 0 Å². The lowest BCUT2D eigenvalue weighted by molar-refractivity contribution is 0.458. The molecule has 0 radical (unpaired) electrons. The number of nitrogen functional groups attached to an aromatic ring is 1. The summed E-state index contributed by atoms with van der Waals surface area (Å²) in [6.07, 6.45) is 0. The fraction of sp³-hybridized carbons (Fsp3) is 0. The Hall–Kier alpha value is -2.64. The molecule has 33 heavy (non-hydrogen) atoms. The van der Waals surface area contributed by atoms with E-state index < -0.39 is 81.9 Å². The summed E-state index contributed by atoms with van der Waals surface area (Å²) in [6.45, 7) is 0. The summed E-state index contributed by atoms with van der Waals surface area (Å²) >= 11 is 0. The van der Waals surface area contributed by atoms with E-state index in [1.807, 2.05) is 0 Å². The Morgan fingerprint density at radius 1 is 0.515 bits per heavy atom. The molecule has 0 fully saturated rings. The van der Waals surface area contributed by atoms with Crippen molar-refractivity contribution in [2.24, 2.45) is 0 Å². The number of hydrogen-bond acceptors (Lipinski definition) is 9. The molecule has 0 aliphatic carbocycles. The minimum atomic E-state index is -5.89. The fourth-order valence-corrected chi connectivity index (χ4v) is 8.49. The predicted molar refractivity (Wildman–Crippen MR) is 114 cm³/mol. The van der Waals surface area contributed by atoms with Gasteiger partial charge in [-0.2, -0.15) is 33.7 Å². The molecule has 13 nitrogen and oxygen atoms in total. The van der Waals surface area contributed by atoms with Crippen LogP contribution in [0.15, 0.2) is 49.9 Å². The van der Waals surface area contributed by atoms with Crippen LogP contribution in [0.2, 0.25) is 0 Å². The van der Waals surface area contributed by atoms with Crippen LogP contribution in [-0.2, 0) is 40.5 Å². The van der Waals surface area contributed by atoms with Crippen molar-refractivity contribution in [2.45, 2.75) is 19.6 Å². The van der Waals surface area contributed by atoms with Crippen molar-refractivity contribution in [3.63, 3.8) is 0 Å². The summed E-state index contributed by atoms with van der Waals surface area (Å²) in [7, 11) is -22.9. The Kier molecular flexibility index (Phi) is 4.78. The topological polar surface area (TPSA) is 243 Å². The van der Waals surface area contributed by atoms with Crippen molar-refractivity contribution in [3.8, 4) is 0 Å². The van der Waals surface area contributed by atoms with Crippen LogP contribution in [0.1, 0.15) is 0 Å². The van der Waals surface area contributed by atoms with Gasteiger partial charge in [0, 0.05) is 21.5 Å². The van der Waals surface area contributed by atoms with Crippen molar-refractivity contribution >= 4 is 78.5 Å². The average molecular weight is 538 g/mol. The number of benzene rings is 4. The zero-order valence-corrected chi connectivity index (χ0v) is 18.9. The van der Waals surface area contributed by atoms with Crippen molar-refractivity contribution in [1.29, 1.82) is 0 Å².